The smallest absolute Gasteiger partial charge is 0.188 e. The van der Waals surface area contributed by atoms with Crippen molar-refractivity contribution in [2.45, 2.75) is 3.74 Å². The Balaban J connectivity index is 3.14. The van der Waals surface area contributed by atoms with Gasteiger partial charge in [-0.05, 0) is 18.2 Å². The Morgan fingerprint density at radius 3 is 2.57 bits per heavy atom. The molecule has 0 aliphatic carbocycles. The zero-order valence-corrected chi connectivity index (χ0v) is 10.7. The molecule has 14 heavy (non-hydrogen) atoms. The number of carbonyl (C=O) groups is 1. The number of nitrogens with zero attached hydrogens (tertiary/aromatic N) is 1. The molecular formula is C9H4Br2ClNO. The average Bonchev–Trinajstić information content (AvgIpc) is 2.16. The van der Waals surface area contributed by atoms with Crippen LogP contribution in [0.15, 0.2) is 18.2 Å². The Hall–Kier alpha value is -0.370. The van der Waals surface area contributed by atoms with E-state index in [-0.39, 0.29) is 10.8 Å². The Morgan fingerprint density at radius 1 is 1.50 bits per heavy atom. The maximum absolute atomic E-state index is 11.5. The van der Waals surface area contributed by atoms with Crippen LogP contribution in [0.5, 0.6) is 0 Å². The van der Waals surface area contributed by atoms with Crippen LogP contribution in [0.2, 0.25) is 5.02 Å². The molecule has 0 aliphatic rings. The number of nitriles is 1. The fourth-order valence-electron chi connectivity index (χ4n) is 0.902. The molecule has 5 heteroatoms. The topological polar surface area (TPSA) is 40.9 Å². The second kappa shape index (κ2) is 4.92. The van der Waals surface area contributed by atoms with Crippen LogP contribution < -0.4 is 0 Å². The first kappa shape index (κ1) is 11.7. The number of hydrogen-bond acceptors (Lipinski definition) is 2. The maximum atomic E-state index is 11.5. The van der Waals surface area contributed by atoms with E-state index >= 15 is 0 Å². The zero-order valence-electron chi connectivity index (χ0n) is 6.80. The molecule has 0 radical (unpaired) electrons. The highest BCUT2D eigenvalue weighted by molar-refractivity contribution is 9.25. The second-order valence-corrected chi connectivity index (χ2v) is 5.94. The van der Waals surface area contributed by atoms with E-state index in [4.69, 9.17) is 16.9 Å². The van der Waals surface area contributed by atoms with E-state index in [1.54, 1.807) is 12.1 Å². The Kier molecular flexibility index (Phi) is 4.11. The SMILES string of the molecule is N#Cc1ccc(C(=O)C(Br)Br)c(Cl)c1. The highest BCUT2D eigenvalue weighted by Crippen LogP contribution is 2.23. The van der Waals surface area contributed by atoms with Gasteiger partial charge in [0.2, 0.25) is 0 Å². The number of ketones is 1. The van der Waals surface area contributed by atoms with Crippen LogP contribution in [0.1, 0.15) is 15.9 Å². The molecule has 1 rings (SSSR count). The van der Waals surface area contributed by atoms with Gasteiger partial charge in [0.25, 0.3) is 0 Å². The predicted molar refractivity (Wildman–Crippen MR) is 62.1 cm³/mol. The number of alkyl halides is 2. The average molecular weight is 337 g/mol. The van der Waals surface area contributed by atoms with Gasteiger partial charge < -0.3 is 0 Å². The predicted octanol–water partition coefficient (Wildman–Crippen LogP) is 3.51. The summed E-state index contributed by atoms with van der Waals surface area (Å²) >= 11 is 12.0. The minimum atomic E-state index is -0.458. The van der Waals surface area contributed by atoms with Crippen molar-refractivity contribution in [3.63, 3.8) is 0 Å². The fraction of sp³-hybridized carbons (Fsp3) is 0.111. The largest absolute Gasteiger partial charge is 0.292 e. The summed E-state index contributed by atoms with van der Waals surface area (Å²) in [4.78, 5) is 11.5. The summed E-state index contributed by atoms with van der Waals surface area (Å²) in [5, 5.41) is 8.88. The normalized spacial score (nSPS) is 9.93. The quantitative estimate of drug-likeness (QED) is 0.612. The second-order valence-electron chi connectivity index (χ2n) is 2.47. The van der Waals surface area contributed by atoms with Crippen molar-refractivity contribution in [2.75, 3.05) is 0 Å². The van der Waals surface area contributed by atoms with Crippen LogP contribution in [0.25, 0.3) is 0 Å². The first-order valence-corrected chi connectivity index (χ1v) is 5.79. The van der Waals surface area contributed by atoms with Gasteiger partial charge in [0.1, 0.15) is 3.74 Å². The van der Waals surface area contributed by atoms with Gasteiger partial charge in [0.05, 0.1) is 16.7 Å². The maximum Gasteiger partial charge on any atom is 0.188 e. The lowest BCUT2D eigenvalue weighted by Gasteiger charge is -2.03. The van der Waals surface area contributed by atoms with Gasteiger partial charge in [-0.2, -0.15) is 5.26 Å². The molecule has 0 saturated carbocycles. The first-order valence-electron chi connectivity index (χ1n) is 3.58. The van der Waals surface area contributed by atoms with E-state index in [1.165, 1.54) is 6.07 Å². The van der Waals surface area contributed by atoms with Gasteiger partial charge in [-0.3, -0.25) is 4.79 Å². The third-order valence-corrected chi connectivity index (χ3v) is 2.71. The molecule has 72 valence electrons. The summed E-state index contributed by atoms with van der Waals surface area (Å²) in [6, 6.07) is 6.51. The van der Waals surface area contributed by atoms with Crippen molar-refractivity contribution in [1.29, 1.82) is 5.26 Å². The minimum Gasteiger partial charge on any atom is -0.292 e. The molecule has 2 nitrogen and oxygen atoms in total. The number of hydrogen-bond donors (Lipinski definition) is 0. The van der Waals surface area contributed by atoms with E-state index in [0.717, 1.165) is 0 Å². The Bertz CT molecular complexity index is 412. The minimum absolute atomic E-state index is 0.167. The summed E-state index contributed by atoms with van der Waals surface area (Å²) in [6.07, 6.45) is 0. The molecule has 0 spiro atoms. The van der Waals surface area contributed by atoms with Crippen LogP contribution in [0.3, 0.4) is 0 Å². The van der Waals surface area contributed by atoms with Gasteiger partial charge in [-0.15, -0.1) is 0 Å². The molecule has 1 aromatic carbocycles. The lowest BCUT2D eigenvalue weighted by molar-refractivity contribution is 0.101. The molecule has 0 aromatic heterocycles. The Labute approximate surface area is 103 Å². The molecule has 0 aliphatic heterocycles. The highest BCUT2D eigenvalue weighted by atomic mass is 79.9. The summed E-state index contributed by atoms with van der Waals surface area (Å²) in [5.41, 5.74) is 0.830. The van der Waals surface area contributed by atoms with E-state index < -0.39 is 3.74 Å². The number of Topliss-reactive ketones (excluding diaryl/α,β-unsaturated/α-hetero) is 1. The summed E-state index contributed by atoms with van der Waals surface area (Å²) in [6.45, 7) is 0. The van der Waals surface area contributed by atoms with Gasteiger partial charge in [0, 0.05) is 5.56 Å². The molecule has 0 saturated heterocycles. The number of benzene rings is 1. The lowest BCUT2D eigenvalue weighted by Crippen LogP contribution is -2.07. The standard InChI is InChI=1S/C9H4Br2ClNO/c10-9(11)8(14)6-2-1-5(4-13)3-7(6)12/h1-3,9H. The molecule has 0 heterocycles. The first-order chi connectivity index (χ1) is 6.56. The highest BCUT2D eigenvalue weighted by Gasteiger charge is 2.16. The monoisotopic (exact) mass is 335 g/mol. The third-order valence-electron chi connectivity index (χ3n) is 1.56. The van der Waals surface area contributed by atoms with Crippen molar-refractivity contribution in [1.82, 2.24) is 0 Å². The number of rotatable bonds is 2. The van der Waals surface area contributed by atoms with Gasteiger partial charge in [-0.25, -0.2) is 0 Å². The van der Waals surface area contributed by atoms with E-state index in [2.05, 4.69) is 31.9 Å². The van der Waals surface area contributed by atoms with Gasteiger partial charge in [-0.1, -0.05) is 43.5 Å². The summed E-state index contributed by atoms with van der Waals surface area (Å²) < 4.78 is -0.458. The van der Waals surface area contributed by atoms with Crippen molar-refractivity contribution < 1.29 is 4.79 Å². The van der Waals surface area contributed by atoms with E-state index in [9.17, 15) is 4.79 Å². The van der Waals surface area contributed by atoms with Crippen LogP contribution in [-0.4, -0.2) is 9.52 Å². The zero-order chi connectivity index (χ0) is 10.7. The fourth-order valence-corrected chi connectivity index (χ4v) is 1.67. The van der Waals surface area contributed by atoms with Crippen molar-refractivity contribution in [2.24, 2.45) is 0 Å². The van der Waals surface area contributed by atoms with Crippen molar-refractivity contribution in [3.8, 4) is 6.07 Å². The van der Waals surface area contributed by atoms with E-state index in [1.807, 2.05) is 6.07 Å². The molecule has 0 bridgehead atoms. The molecule has 0 atom stereocenters. The molecule has 0 N–H and O–H groups in total. The van der Waals surface area contributed by atoms with Crippen molar-refractivity contribution >= 4 is 49.2 Å². The molecule has 1 aromatic rings. The lowest BCUT2D eigenvalue weighted by atomic mass is 10.1. The van der Waals surface area contributed by atoms with Crippen LogP contribution in [-0.2, 0) is 0 Å². The summed E-state index contributed by atoms with van der Waals surface area (Å²) in [5.74, 6) is -0.167. The molecule has 0 unspecified atom stereocenters. The summed E-state index contributed by atoms with van der Waals surface area (Å²) in [7, 11) is 0. The third kappa shape index (κ3) is 2.57. The number of halogens is 3. The molecule has 0 fully saturated rings. The molecular weight excluding hydrogens is 333 g/mol. The van der Waals surface area contributed by atoms with Crippen LogP contribution in [0.4, 0.5) is 0 Å². The molecule has 0 amide bonds. The van der Waals surface area contributed by atoms with E-state index in [0.29, 0.717) is 11.1 Å². The van der Waals surface area contributed by atoms with Crippen LogP contribution >= 0.6 is 43.5 Å². The van der Waals surface area contributed by atoms with Crippen LogP contribution in [0, 0.1) is 11.3 Å². The van der Waals surface area contributed by atoms with Crippen molar-refractivity contribution in [3.05, 3.63) is 34.3 Å². The van der Waals surface area contributed by atoms with Gasteiger partial charge >= 0.3 is 0 Å². The van der Waals surface area contributed by atoms with Gasteiger partial charge in [0.15, 0.2) is 5.78 Å². The Morgan fingerprint density at radius 2 is 2.14 bits per heavy atom. The number of carbonyl (C=O) groups excluding carboxylic acids is 1.